The SMILES string of the molecule is C=C1CCC(CC(=O)OC)C(C(C)=O)(C(=O)OC)C1. The van der Waals surface area contributed by atoms with Crippen molar-refractivity contribution in [3.8, 4) is 0 Å². The summed E-state index contributed by atoms with van der Waals surface area (Å²) in [7, 11) is 2.54. The molecule has 0 heterocycles. The zero-order chi connectivity index (χ0) is 14.6. The molecule has 1 rings (SSSR count). The number of Topliss-reactive ketones (excluding diaryl/α,β-unsaturated/α-hetero) is 1. The minimum atomic E-state index is -1.29. The van der Waals surface area contributed by atoms with Gasteiger partial charge in [0.05, 0.1) is 14.2 Å². The molecule has 0 aromatic rings. The van der Waals surface area contributed by atoms with Crippen LogP contribution in [0.25, 0.3) is 0 Å². The number of ketones is 1. The molecule has 0 spiro atoms. The molecule has 1 aliphatic rings. The number of allylic oxidation sites excluding steroid dienone is 1. The third kappa shape index (κ3) is 2.85. The first-order valence-electron chi connectivity index (χ1n) is 6.21. The smallest absolute Gasteiger partial charge is 0.319 e. The first kappa shape index (κ1) is 15.4. The molecular weight excluding hydrogens is 248 g/mol. The normalized spacial score (nSPS) is 26.7. The van der Waals surface area contributed by atoms with Crippen LogP contribution in [0.15, 0.2) is 12.2 Å². The molecule has 106 valence electrons. The van der Waals surface area contributed by atoms with Crippen LogP contribution >= 0.6 is 0 Å². The lowest BCUT2D eigenvalue weighted by Crippen LogP contribution is -2.48. The zero-order valence-electron chi connectivity index (χ0n) is 11.7. The molecule has 0 aromatic heterocycles. The summed E-state index contributed by atoms with van der Waals surface area (Å²) in [5, 5.41) is 0. The maximum atomic E-state index is 12.1. The molecule has 5 nitrogen and oxygen atoms in total. The Labute approximate surface area is 112 Å². The van der Waals surface area contributed by atoms with Crippen LogP contribution in [0.2, 0.25) is 0 Å². The van der Waals surface area contributed by atoms with Crippen molar-refractivity contribution in [1.82, 2.24) is 0 Å². The van der Waals surface area contributed by atoms with E-state index in [0.717, 1.165) is 5.57 Å². The number of carbonyl (C=O) groups is 3. The van der Waals surface area contributed by atoms with E-state index in [-0.39, 0.29) is 18.6 Å². The monoisotopic (exact) mass is 268 g/mol. The number of rotatable bonds is 4. The molecule has 0 amide bonds. The largest absolute Gasteiger partial charge is 0.469 e. The van der Waals surface area contributed by atoms with Crippen molar-refractivity contribution >= 4 is 17.7 Å². The molecule has 2 atom stereocenters. The van der Waals surface area contributed by atoms with Crippen molar-refractivity contribution in [3.63, 3.8) is 0 Å². The molecule has 0 N–H and O–H groups in total. The maximum Gasteiger partial charge on any atom is 0.319 e. The van der Waals surface area contributed by atoms with Crippen LogP contribution in [0.1, 0.15) is 32.6 Å². The predicted molar refractivity (Wildman–Crippen MR) is 68.2 cm³/mol. The fourth-order valence-electron chi connectivity index (χ4n) is 2.79. The Morgan fingerprint density at radius 2 is 1.95 bits per heavy atom. The van der Waals surface area contributed by atoms with Crippen LogP contribution < -0.4 is 0 Å². The molecule has 1 fully saturated rings. The molecule has 0 saturated heterocycles. The molecule has 0 radical (unpaired) electrons. The highest BCUT2D eigenvalue weighted by Crippen LogP contribution is 2.46. The van der Waals surface area contributed by atoms with Crippen LogP contribution in [0.3, 0.4) is 0 Å². The molecule has 2 unspecified atom stereocenters. The molecule has 0 aliphatic heterocycles. The van der Waals surface area contributed by atoms with Crippen molar-refractivity contribution in [2.75, 3.05) is 14.2 Å². The van der Waals surface area contributed by atoms with Gasteiger partial charge in [-0.3, -0.25) is 14.4 Å². The van der Waals surface area contributed by atoms with Gasteiger partial charge in [-0.25, -0.2) is 0 Å². The van der Waals surface area contributed by atoms with Gasteiger partial charge in [-0.1, -0.05) is 12.2 Å². The van der Waals surface area contributed by atoms with Crippen molar-refractivity contribution in [2.24, 2.45) is 11.3 Å². The van der Waals surface area contributed by atoms with Gasteiger partial charge in [-0.2, -0.15) is 0 Å². The van der Waals surface area contributed by atoms with Gasteiger partial charge in [0.1, 0.15) is 11.2 Å². The van der Waals surface area contributed by atoms with Crippen LogP contribution in [-0.2, 0) is 23.9 Å². The van der Waals surface area contributed by atoms with Gasteiger partial charge >= 0.3 is 11.9 Å². The Morgan fingerprint density at radius 1 is 1.32 bits per heavy atom. The molecule has 0 bridgehead atoms. The van der Waals surface area contributed by atoms with Crippen LogP contribution in [0.5, 0.6) is 0 Å². The minimum Gasteiger partial charge on any atom is -0.469 e. The Morgan fingerprint density at radius 3 is 2.42 bits per heavy atom. The summed E-state index contributed by atoms with van der Waals surface area (Å²) in [5.74, 6) is -1.69. The third-order valence-corrected chi connectivity index (χ3v) is 3.89. The van der Waals surface area contributed by atoms with Gasteiger partial charge in [-0.15, -0.1) is 0 Å². The van der Waals surface area contributed by atoms with Gasteiger partial charge in [0.25, 0.3) is 0 Å². The van der Waals surface area contributed by atoms with E-state index in [0.29, 0.717) is 12.8 Å². The lowest BCUT2D eigenvalue weighted by Gasteiger charge is -2.40. The van der Waals surface area contributed by atoms with Crippen molar-refractivity contribution in [2.45, 2.75) is 32.6 Å². The fourth-order valence-corrected chi connectivity index (χ4v) is 2.79. The van der Waals surface area contributed by atoms with Crippen molar-refractivity contribution < 1.29 is 23.9 Å². The quantitative estimate of drug-likeness (QED) is 0.440. The Balaban J connectivity index is 3.16. The number of methoxy groups -OCH3 is 2. The highest BCUT2D eigenvalue weighted by molar-refractivity contribution is 6.04. The molecule has 0 aromatic carbocycles. The van der Waals surface area contributed by atoms with E-state index in [9.17, 15) is 14.4 Å². The average molecular weight is 268 g/mol. The first-order valence-corrected chi connectivity index (χ1v) is 6.21. The number of esters is 2. The molecular formula is C14H20O5. The Kier molecular flexibility index (Phi) is 4.86. The summed E-state index contributed by atoms with van der Waals surface area (Å²) in [6.45, 7) is 5.23. The number of hydrogen-bond acceptors (Lipinski definition) is 5. The summed E-state index contributed by atoms with van der Waals surface area (Å²) in [4.78, 5) is 35.6. The summed E-state index contributed by atoms with van der Waals surface area (Å²) >= 11 is 0. The molecule has 5 heteroatoms. The van der Waals surface area contributed by atoms with Crippen LogP contribution in [-0.4, -0.2) is 31.9 Å². The highest BCUT2D eigenvalue weighted by Gasteiger charge is 2.53. The summed E-state index contributed by atoms with van der Waals surface area (Å²) < 4.78 is 9.44. The van der Waals surface area contributed by atoms with Gasteiger partial charge in [0, 0.05) is 6.42 Å². The third-order valence-electron chi connectivity index (χ3n) is 3.89. The number of hydrogen-bond donors (Lipinski definition) is 0. The van der Waals surface area contributed by atoms with Crippen molar-refractivity contribution in [1.29, 1.82) is 0 Å². The second-order valence-corrected chi connectivity index (χ2v) is 4.96. The second-order valence-electron chi connectivity index (χ2n) is 4.96. The molecule has 1 aliphatic carbocycles. The van der Waals surface area contributed by atoms with E-state index in [4.69, 9.17) is 4.74 Å². The van der Waals surface area contributed by atoms with Crippen LogP contribution in [0, 0.1) is 11.3 Å². The summed E-state index contributed by atoms with van der Waals surface area (Å²) in [6, 6.07) is 0. The standard InChI is InChI=1S/C14H20O5/c1-9-5-6-11(7-12(16)18-3)14(8-9,10(2)15)13(17)19-4/h11H,1,5-8H2,2-4H3. The van der Waals surface area contributed by atoms with Gasteiger partial charge in [0.15, 0.2) is 0 Å². The number of carbonyl (C=O) groups excluding carboxylic acids is 3. The molecule has 1 saturated carbocycles. The first-order chi connectivity index (χ1) is 8.88. The van der Waals surface area contributed by atoms with Gasteiger partial charge in [0.2, 0.25) is 0 Å². The topological polar surface area (TPSA) is 69.7 Å². The summed E-state index contributed by atoms with van der Waals surface area (Å²) in [6.07, 6.45) is 1.55. The average Bonchev–Trinajstić information content (AvgIpc) is 2.39. The summed E-state index contributed by atoms with van der Waals surface area (Å²) in [5.41, 5.74) is -0.458. The van der Waals surface area contributed by atoms with E-state index in [1.54, 1.807) is 0 Å². The fraction of sp³-hybridized carbons (Fsp3) is 0.643. The van der Waals surface area contributed by atoms with E-state index in [2.05, 4.69) is 11.3 Å². The zero-order valence-corrected chi connectivity index (χ0v) is 11.7. The molecule has 19 heavy (non-hydrogen) atoms. The number of ether oxygens (including phenoxy) is 2. The highest BCUT2D eigenvalue weighted by atomic mass is 16.5. The lowest BCUT2D eigenvalue weighted by molar-refractivity contribution is -0.164. The Hall–Kier alpha value is -1.65. The van der Waals surface area contributed by atoms with Gasteiger partial charge < -0.3 is 9.47 Å². The predicted octanol–water partition coefficient (Wildman–Crippen LogP) is 1.65. The van der Waals surface area contributed by atoms with Gasteiger partial charge in [-0.05, 0) is 32.1 Å². The van der Waals surface area contributed by atoms with E-state index in [1.807, 2.05) is 0 Å². The van der Waals surface area contributed by atoms with E-state index >= 15 is 0 Å². The lowest BCUT2D eigenvalue weighted by atomic mass is 9.61. The minimum absolute atomic E-state index is 0.0401. The maximum absolute atomic E-state index is 12.1. The van der Waals surface area contributed by atoms with Crippen LogP contribution in [0.4, 0.5) is 0 Å². The van der Waals surface area contributed by atoms with Crippen molar-refractivity contribution in [3.05, 3.63) is 12.2 Å². The van der Waals surface area contributed by atoms with E-state index < -0.39 is 23.3 Å². The second kappa shape index (κ2) is 5.99. The van der Waals surface area contributed by atoms with E-state index in [1.165, 1.54) is 21.1 Å². The Bertz CT molecular complexity index is 412.